The molecule has 0 saturated carbocycles. The summed E-state index contributed by atoms with van der Waals surface area (Å²) >= 11 is 0. The number of ether oxygens (including phenoxy) is 1. The molecule has 0 heterocycles. The molecule has 26 heavy (non-hydrogen) atoms. The van der Waals surface area contributed by atoms with Gasteiger partial charge in [0.25, 0.3) is 5.69 Å². The average molecular weight is 356 g/mol. The van der Waals surface area contributed by atoms with E-state index in [0.29, 0.717) is 11.3 Å². The smallest absolute Gasteiger partial charge is 0.306 e. The molecule has 1 amide bonds. The fraction of sp³-hybridized carbons (Fsp3) is 0.263. The molecule has 1 N–H and O–H groups in total. The predicted molar refractivity (Wildman–Crippen MR) is 96.7 cm³/mol. The first-order valence-electron chi connectivity index (χ1n) is 8.11. The Morgan fingerprint density at radius 3 is 2.35 bits per heavy atom. The molecule has 0 aliphatic heterocycles. The summed E-state index contributed by atoms with van der Waals surface area (Å²) in [5, 5.41) is 13.3. The second kappa shape index (κ2) is 8.75. The van der Waals surface area contributed by atoms with E-state index in [-0.39, 0.29) is 31.0 Å². The lowest BCUT2D eigenvalue weighted by atomic mass is 10.1. The fourth-order valence-corrected chi connectivity index (χ4v) is 2.21. The summed E-state index contributed by atoms with van der Waals surface area (Å²) in [5.74, 6) is -0.765. The highest BCUT2D eigenvalue weighted by molar-refractivity contribution is 5.92. The third-order valence-electron chi connectivity index (χ3n) is 3.89. The third-order valence-corrected chi connectivity index (χ3v) is 3.89. The zero-order valence-electron chi connectivity index (χ0n) is 14.7. The summed E-state index contributed by atoms with van der Waals surface area (Å²) in [6.45, 7) is 3.96. The molecule has 7 heteroatoms. The van der Waals surface area contributed by atoms with Gasteiger partial charge in [0.2, 0.25) is 5.91 Å². The Balaban J connectivity index is 1.74. The van der Waals surface area contributed by atoms with Gasteiger partial charge in [-0.25, -0.2) is 0 Å². The molecule has 0 aliphatic carbocycles. The van der Waals surface area contributed by atoms with Crippen molar-refractivity contribution in [2.24, 2.45) is 0 Å². The van der Waals surface area contributed by atoms with Crippen LogP contribution in [0.15, 0.2) is 42.5 Å². The first kappa shape index (κ1) is 19.1. The van der Waals surface area contributed by atoms with Gasteiger partial charge in [0.05, 0.1) is 11.3 Å². The molecular formula is C19H20N2O5. The van der Waals surface area contributed by atoms with Gasteiger partial charge in [0.15, 0.2) is 0 Å². The first-order chi connectivity index (χ1) is 12.3. The molecule has 0 saturated heterocycles. The van der Waals surface area contributed by atoms with E-state index in [1.807, 2.05) is 32.0 Å². The quantitative estimate of drug-likeness (QED) is 0.463. The summed E-state index contributed by atoms with van der Waals surface area (Å²) in [7, 11) is 0. The van der Waals surface area contributed by atoms with Crippen LogP contribution < -0.4 is 5.32 Å². The van der Waals surface area contributed by atoms with Crippen LogP contribution in [0.5, 0.6) is 0 Å². The molecule has 0 unspecified atom stereocenters. The molecule has 0 aliphatic rings. The van der Waals surface area contributed by atoms with E-state index >= 15 is 0 Å². The molecule has 2 rings (SSSR count). The fourth-order valence-electron chi connectivity index (χ4n) is 2.21. The average Bonchev–Trinajstić information content (AvgIpc) is 2.61. The maximum absolute atomic E-state index is 11.9. The van der Waals surface area contributed by atoms with E-state index in [9.17, 15) is 19.7 Å². The van der Waals surface area contributed by atoms with Crippen LogP contribution in [0.1, 0.15) is 29.5 Å². The monoisotopic (exact) mass is 356 g/mol. The van der Waals surface area contributed by atoms with Crippen LogP contribution in [0.4, 0.5) is 11.4 Å². The molecule has 0 bridgehead atoms. The van der Waals surface area contributed by atoms with Crippen LogP contribution in [-0.4, -0.2) is 16.8 Å². The molecule has 0 atom stereocenters. The number of nitro benzene ring substituents is 1. The van der Waals surface area contributed by atoms with Gasteiger partial charge in [-0.3, -0.25) is 19.7 Å². The largest absolute Gasteiger partial charge is 0.461 e. The zero-order valence-corrected chi connectivity index (χ0v) is 14.7. The van der Waals surface area contributed by atoms with E-state index < -0.39 is 10.9 Å². The van der Waals surface area contributed by atoms with Crippen molar-refractivity contribution in [3.05, 3.63) is 69.3 Å². The minimum absolute atomic E-state index is 0.00953. The number of nitrogens with one attached hydrogen (secondary N) is 1. The standard InChI is InChI=1S/C19H20N2O5/c1-13-3-6-16(11-14(13)2)20-18(22)9-10-19(23)26-12-15-4-7-17(8-5-15)21(24)25/h3-8,11H,9-10,12H2,1-2H3,(H,20,22). The lowest BCUT2D eigenvalue weighted by Crippen LogP contribution is -2.14. The predicted octanol–water partition coefficient (Wildman–Crippen LogP) is 3.67. The number of amides is 1. The van der Waals surface area contributed by atoms with Gasteiger partial charge < -0.3 is 10.1 Å². The number of anilines is 1. The van der Waals surface area contributed by atoms with Crippen molar-refractivity contribution in [2.75, 3.05) is 5.32 Å². The molecule has 0 spiro atoms. The van der Waals surface area contributed by atoms with Gasteiger partial charge in [-0.05, 0) is 54.8 Å². The van der Waals surface area contributed by atoms with Crippen LogP contribution in [-0.2, 0) is 20.9 Å². The lowest BCUT2D eigenvalue weighted by molar-refractivity contribution is -0.384. The summed E-state index contributed by atoms with van der Waals surface area (Å²) in [6.07, 6.45) is -0.0182. The van der Waals surface area contributed by atoms with Crippen molar-refractivity contribution in [2.45, 2.75) is 33.3 Å². The first-order valence-corrected chi connectivity index (χ1v) is 8.11. The molecular weight excluding hydrogens is 336 g/mol. The molecule has 136 valence electrons. The topological polar surface area (TPSA) is 98.5 Å². The number of esters is 1. The number of hydrogen-bond donors (Lipinski definition) is 1. The van der Waals surface area contributed by atoms with Crippen molar-refractivity contribution in [1.82, 2.24) is 0 Å². The Bertz CT molecular complexity index is 815. The number of rotatable bonds is 7. The number of nitro groups is 1. The molecule has 2 aromatic rings. The van der Waals surface area contributed by atoms with Crippen molar-refractivity contribution < 1.29 is 19.2 Å². The third kappa shape index (κ3) is 5.70. The van der Waals surface area contributed by atoms with E-state index in [1.54, 1.807) is 0 Å². The van der Waals surface area contributed by atoms with Crippen LogP contribution in [0.3, 0.4) is 0 Å². The number of benzene rings is 2. The Kier molecular flexibility index (Phi) is 6.43. The second-order valence-corrected chi connectivity index (χ2v) is 5.93. The van der Waals surface area contributed by atoms with Gasteiger partial charge in [-0.15, -0.1) is 0 Å². The van der Waals surface area contributed by atoms with Crippen molar-refractivity contribution in [1.29, 1.82) is 0 Å². The molecule has 0 fully saturated rings. The minimum atomic E-state index is -0.501. The van der Waals surface area contributed by atoms with E-state index in [2.05, 4.69) is 5.32 Å². The van der Waals surface area contributed by atoms with Gasteiger partial charge in [-0.2, -0.15) is 0 Å². The second-order valence-electron chi connectivity index (χ2n) is 5.93. The Hall–Kier alpha value is -3.22. The van der Waals surface area contributed by atoms with Crippen LogP contribution >= 0.6 is 0 Å². The SMILES string of the molecule is Cc1ccc(NC(=O)CCC(=O)OCc2ccc([N+](=O)[O-])cc2)cc1C. The van der Waals surface area contributed by atoms with E-state index in [1.165, 1.54) is 24.3 Å². The molecule has 0 radical (unpaired) electrons. The van der Waals surface area contributed by atoms with Crippen LogP contribution in [0, 0.1) is 24.0 Å². The Morgan fingerprint density at radius 2 is 1.73 bits per heavy atom. The van der Waals surface area contributed by atoms with Gasteiger partial charge in [-0.1, -0.05) is 6.07 Å². The van der Waals surface area contributed by atoms with Crippen LogP contribution in [0.25, 0.3) is 0 Å². The van der Waals surface area contributed by atoms with E-state index in [4.69, 9.17) is 4.74 Å². The van der Waals surface area contributed by atoms with Gasteiger partial charge in [0, 0.05) is 24.2 Å². The number of nitrogens with zero attached hydrogens (tertiary/aromatic N) is 1. The lowest BCUT2D eigenvalue weighted by Gasteiger charge is -2.08. The molecule has 2 aromatic carbocycles. The van der Waals surface area contributed by atoms with Gasteiger partial charge in [0.1, 0.15) is 6.61 Å². The summed E-state index contributed by atoms with van der Waals surface area (Å²) in [5.41, 5.74) is 3.52. The number of carbonyl (C=O) groups is 2. The van der Waals surface area contributed by atoms with Gasteiger partial charge >= 0.3 is 5.97 Å². The Labute approximate surface area is 151 Å². The normalized spacial score (nSPS) is 10.2. The maximum atomic E-state index is 11.9. The minimum Gasteiger partial charge on any atom is -0.461 e. The number of aryl methyl sites for hydroxylation is 2. The summed E-state index contributed by atoms with van der Waals surface area (Å²) < 4.78 is 5.08. The summed E-state index contributed by atoms with van der Waals surface area (Å²) in [4.78, 5) is 33.7. The van der Waals surface area contributed by atoms with E-state index in [0.717, 1.165) is 11.1 Å². The molecule has 0 aromatic heterocycles. The number of hydrogen-bond acceptors (Lipinski definition) is 5. The van der Waals surface area contributed by atoms with Crippen molar-refractivity contribution in [3.63, 3.8) is 0 Å². The highest BCUT2D eigenvalue weighted by Crippen LogP contribution is 2.15. The molecule has 7 nitrogen and oxygen atoms in total. The Morgan fingerprint density at radius 1 is 1.04 bits per heavy atom. The van der Waals surface area contributed by atoms with Crippen molar-refractivity contribution in [3.8, 4) is 0 Å². The van der Waals surface area contributed by atoms with Crippen molar-refractivity contribution >= 4 is 23.3 Å². The number of non-ortho nitro benzene ring substituents is 1. The zero-order chi connectivity index (χ0) is 19.1. The maximum Gasteiger partial charge on any atom is 0.306 e. The highest BCUT2D eigenvalue weighted by atomic mass is 16.6. The number of carbonyl (C=O) groups excluding carboxylic acids is 2. The highest BCUT2D eigenvalue weighted by Gasteiger charge is 2.10. The summed E-state index contributed by atoms with van der Waals surface area (Å²) in [6, 6.07) is 11.4. The van der Waals surface area contributed by atoms with Crippen LogP contribution in [0.2, 0.25) is 0 Å².